The lowest BCUT2D eigenvalue weighted by Crippen LogP contribution is -2.52. The van der Waals surface area contributed by atoms with Crippen molar-refractivity contribution in [1.82, 2.24) is 4.90 Å². The third kappa shape index (κ3) is 2.51. The van der Waals surface area contributed by atoms with Gasteiger partial charge in [0.15, 0.2) is 17.5 Å². The number of nitrogens with two attached hydrogens (primary N) is 1. The fraction of sp³-hybridized carbons (Fsp3) is 0.294. The molecule has 0 spiro atoms. The third-order valence-corrected chi connectivity index (χ3v) is 6.54. The van der Waals surface area contributed by atoms with E-state index in [1.165, 1.54) is 4.90 Å². The van der Waals surface area contributed by atoms with Crippen LogP contribution in [0.15, 0.2) is 39.1 Å². The number of hydrogen-bond donors (Lipinski definition) is 1. The summed E-state index contributed by atoms with van der Waals surface area (Å²) in [4.78, 5) is 20.2. The lowest BCUT2D eigenvalue weighted by Gasteiger charge is -2.40. The molecule has 130 valence electrons. The molecule has 0 fully saturated rings. The summed E-state index contributed by atoms with van der Waals surface area (Å²) >= 11 is 5.03. The standard InChI is InChI=1S/C17H16BrN3O3S/c1-17(13-6-10(18)7-25-13)14(15(22)21(2)16(19)20-17)9-3-4-11-12(5-9)24-8-23-11/h3-7,14H,8H2,1-2H3,(H2,19,20)/t14-,17-/m1/s1. The molecule has 0 saturated carbocycles. The van der Waals surface area contributed by atoms with Crippen molar-refractivity contribution in [3.63, 3.8) is 0 Å². The Morgan fingerprint density at radius 2 is 2.12 bits per heavy atom. The van der Waals surface area contributed by atoms with Crippen molar-refractivity contribution in [1.29, 1.82) is 0 Å². The molecule has 0 bridgehead atoms. The van der Waals surface area contributed by atoms with Crippen LogP contribution in [0.4, 0.5) is 0 Å². The summed E-state index contributed by atoms with van der Waals surface area (Å²) in [5.74, 6) is 0.936. The lowest BCUT2D eigenvalue weighted by molar-refractivity contribution is -0.130. The second kappa shape index (κ2) is 5.74. The molecule has 2 aliphatic heterocycles. The topological polar surface area (TPSA) is 77.2 Å². The van der Waals surface area contributed by atoms with Gasteiger partial charge in [0.05, 0.1) is 5.92 Å². The van der Waals surface area contributed by atoms with E-state index >= 15 is 0 Å². The molecule has 25 heavy (non-hydrogen) atoms. The van der Waals surface area contributed by atoms with Crippen molar-refractivity contribution in [3.8, 4) is 11.5 Å². The highest BCUT2D eigenvalue weighted by atomic mass is 79.9. The molecule has 0 aliphatic carbocycles. The first-order valence-corrected chi connectivity index (χ1v) is 9.34. The minimum atomic E-state index is -0.794. The second-order valence-electron chi connectivity index (χ2n) is 6.19. The zero-order valence-corrected chi connectivity index (χ0v) is 16.1. The smallest absolute Gasteiger partial charge is 0.239 e. The number of ether oxygens (including phenoxy) is 2. The molecular formula is C17H16BrN3O3S. The number of guanidine groups is 1. The number of carbonyl (C=O) groups excluding carboxylic acids is 1. The van der Waals surface area contributed by atoms with Crippen LogP contribution in [0.1, 0.15) is 23.3 Å². The largest absolute Gasteiger partial charge is 0.454 e. The quantitative estimate of drug-likeness (QED) is 0.807. The number of fused-ring (bicyclic) bond motifs is 1. The Morgan fingerprint density at radius 3 is 2.84 bits per heavy atom. The third-order valence-electron chi connectivity index (χ3n) is 4.63. The van der Waals surface area contributed by atoms with E-state index in [-0.39, 0.29) is 18.7 Å². The van der Waals surface area contributed by atoms with Crippen LogP contribution in [0.25, 0.3) is 0 Å². The molecule has 1 aromatic carbocycles. The highest BCUT2D eigenvalue weighted by Crippen LogP contribution is 2.48. The van der Waals surface area contributed by atoms with E-state index in [0.29, 0.717) is 11.5 Å². The highest BCUT2D eigenvalue weighted by molar-refractivity contribution is 9.10. The zero-order valence-electron chi connectivity index (χ0n) is 13.7. The number of amides is 1. The van der Waals surface area contributed by atoms with Crippen molar-refractivity contribution in [2.24, 2.45) is 10.7 Å². The average molecular weight is 422 g/mol. The van der Waals surface area contributed by atoms with Gasteiger partial charge in [-0.25, -0.2) is 4.99 Å². The predicted molar refractivity (Wildman–Crippen MR) is 99.1 cm³/mol. The number of nitrogens with zero attached hydrogens (tertiary/aromatic N) is 2. The lowest BCUT2D eigenvalue weighted by atomic mass is 9.77. The zero-order chi connectivity index (χ0) is 17.8. The van der Waals surface area contributed by atoms with E-state index in [1.54, 1.807) is 18.4 Å². The monoisotopic (exact) mass is 421 g/mol. The second-order valence-corrected chi connectivity index (χ2v) is 8.02. The number of halogens is 1. The molecule has 4 rings (SSSR count). The van der Waals surface area contributed by atoms with Gasteiger partial charge in [-0.2, -0.15) is 0 Å². The Kier molecular flexibility index (Phi) is 3.77. The Labute approximate surface area is 157 Å². The van der Waals surface area contributed by atoms with Crippen LogP contribution in [0.2, 0.25) is 0 Å². The molecule has 8 heteroatoms. The predicted octanol–water partition coefficient (Wildman–Crippen LogP) is 3.03. The Bertz CT molecular complexity index is 897. The molecular weight excluding hydrogens is 406 g/mol. The Morgan fingerprint density at radius 1 is 1.36 bits per heavy atom. The molecule has 3 heterocycles. The molecule has 2 N–H and O–H groups in total. The van der Waals surface area contributed by atoms with Gasteiger partial charge in [0.1, 0.15) is 5.54 Å². The number of aliphatic imine (C=N–C) groups is 1. The molecule has 0 saturated heterocycles. The van der Waals surface area contributed by atoms with Crippen LogP contribution >= 0.6 is 27.3 Å². The van der Waals surface area contributed by atoms with Crippen LogP contribution in [0.3, 0.4) is 0 Å². The van der Waals surface area contributed by atoms with E-state index in [0.717, 1.165) is 14.9 Å². The van der Waals surface area contributed by atoms with Crippen molar-refractivity contribution in [3.05, 3.63) is 44.6 Å². The number of rotatable bonds is 2. The fourth-order valence-electron chi connectivity index (χ4n) is 3.26. The number of carbonyl (C=O) groups is 1. The van der Waals surface area contributed by atoms with Crippen LogP contribution in [-0.2, 0) is 10.3 Å². The van der Waals surface area contributed by atoms with Gasteiger partial charge in [0.25, 0.3) is 0 Å². The first-order valence-electron chi connectivity index (χ1n) is 7.67. The number of hydrogen-bond acceptors (Lipinski definition) is 6. The van der Waals surface area contributed by atoms with Crippen molar-refractivity contribution in [2.45, 2.75) is 18.4 Å². The molecule has 2 atom stereocenters. The molecule has 6 nitrogen and oxygen atoms in total. The summed E-state index contributed by atoms with van der Waals surface area (Å²) in [7, 11) is 1.64. The van der Waals surface area contributed by atoms with Gasteiger partial charge in [-0.15, -0.1) is 11.3 Å². The highest BCUT2D eigenvalue weighted by Gasteiger charge is 2.48. The SMILES string of the molecule is CN1C(=O)[C@@H](c2ccc3c(c2)OCO3)[C@@](C)(c2cc(Br)cs2)N=C1N. The minimum Gasteiger partial charge on any atom is -0.454 e. The summed E-state index contributed by atoms with van der Waals surface area (Å²) in [6.45, 7) is 2.13. The molecule has 2 aromatic rings. The van der Waals surface area contributed by atoms with E-state index in [9.17, 15) is 4.79 Å². The Balaban J connectivity index is 1.89. The van der Waals surface area contributed by atoms with Crippen LogP contribution in [-0.4, -0.2) is 30.6 Å². The summed E-state index contributed by atoms with van der Waals surface area (Å²) in [5.41, 5.74) is 6.05. The number of thiophene rings is 1. The first kappa shape index (κ1) is 16.4. The van der Waals surface area contributed by atoms with Crippen molar-refractivity contribution < 1.29 is 14.3 Å². The maximum Gasteiger partial charge on any atom is 0.239 e. The van der Waals surface area contributed by atoms with Gasteiger partial charge >= 0.3 is 0 Å². The Hall–Kier alpha value is -2.06. The molecule has 0 unspecified atom stereocenters. The maximum atomic E-state index is 13.1. The van der Waals surface area contributed by atoms with Gasteiger partial charge in [-0.1, -0.05) is 6.07 Å². The van der Waals surface area contributed by atoms with Crippen molar-refractivity contribution >= 4 is 39.1 Å². The van der Waals surface area contributed by atoms with Gasteiger partial charge in [0, 0.05) is 21.8 Å². The molecule has 2 aliphatic rings. The summed E-state index contributed by atoms with van der Waals surface area (Å²) in [6, 6.07) is 7.57. The molecule has 1 amide bonds. The van der Waals surface area contributed by atoms with E-state index in [1.807, 2.05) is 36.6 Å². The van der Waals surface area contributed by atoms with Crippen LogP contribution in [0, 0.1) is 0 Å². The minimum absolute atomic E-state index is 0.0987. The van der Waals surface area contributed by atoms with Gasteiger partial charge in [-0.05, 0) is 46.6 Å². The summed E-state index contributed by atoms with van der Waals surface area (Å²) in [6.07, 6.45) is 0. The van der Waals surface area contributed by atoms with Gasteiger partial charge < -0.3 is 15.2 Å². The number of benzene rings is 1. The summed E-state index contributed by atoms with van der Waals surface area (Å²) < 4.78 is 11.8. The van der Waals surface area contributed by atoms with E-state index in [4.69, 9.17) is 20.2 Å². The van der Waals surface area contributed by atoms with Gasteiger partial charge in [0.2, 0.25) is 12.7 Å². The van der Waals surface area contributed by atoms with Gasteiger partial charge in [-0.3, -0.25) is 9.69 Å². The van der Waals surface area contributed by atoms with Crippen LogP contribution < -0.4 is 15.2 Å². The molecule has 0 radical (unpaired) electrons. The number of likely N-dealkylation sites (N-methyl/N-ethyl adjacent to an activating group) is 1. The first-order chi connectivity index (χ1) is 11.9. The fourth-order valence-corrected chi connectivity index (χ4v) is 4.83. The van der Waals surface area contributed by atoms with Crippen molar-refractivity contribution in [2.75, 3.05) is 13.8 Å². The normalized spacial score (nSPS) is 25.2. The van der Waals surface area contributed by atoms with Crippen LogP contribution in [0.5, 0.6) is 11.5 Å². The maximum absolute atomic E-state index is 13.1. The molecule has 1 aromatic heterocycles. The van der Waals surface area contributed by atoms with E-state index in [2.05, 4.69) is 15.9 Å². The summed E-state index contributed by atoms with van der Waals surface area (Å²) in [5, 5.41) is 1.98. The average Bonchev–Trinajstić information content (AvgIpc) is 3.21. The van der Waals surface area contributed by atoms with E-state index < -0.39 is 11.5 Å².